The number of carbonyl (C=O) groups is 2. The van der Waals surface area contributed by atoms with E-state index in [0.29, 0.717) is 28.9 Å². The maximum atomic E-state index is 12.6. The number of hydrogen-bond donors (Lipinski definition) is 2. The van der Waals surface area contributed by atoms with Gasteiger partial charge in [0.05, 0.1) is 29.8 Å². The van der Waals surface area contributed by atoms with E-state index in [2.05, 4.69) is 20.8 Å². The van der Waals surface area contributed by atoms with Gasteiger partial charge in [0.25, 0.3) is 5.91 Å². The number of carbonyl (C=O) groups excluding carboxylic acids is 2. The van der Waals surface area contributed by atoms with Crippen LogP contribution in [0.4, 0.5) is 5.69 Å². The molecular weight excluding hydrogens is 414 g/mol. The zero-order valence-electron chi connectivity index (χ0n) is 17.5. The van der Waals surface area contributed by atoms with Crippen molar-refractivity contribution >= 4 is 29.3 Å². The molecule has 8 nitrogen and oxygen atoms in total. The molecule has 1 fully saturated rings. The molecule has 1 saturated carbocycles. The predicted molar refractivity (Wildman–Crippen MR) is 118 cm³/mol. The Morgan fingerprint density at radius 2 is 2.00 bits per heavy atom. The summed E-state index contributed by atoms with van der Waals surface area (Å²) in [4.78, 5) is 25.0. The van der Waals surface area contributed by atoms with E-state index in [9.17, 15) is 9.59 Å². The topological polar surface area (TPSA) is 102 Å². The Morgan fingerprint density at radius 3 is 2.71 bits per heavy atom. The monoisotopic (exact) mass is 439 g/mol. The van der Waals surface area contributed by atoms with E-state index >= 15 is 0 Å². The molecule has 0 aliphatic heterocycles. The lowest BCUT2D eigenvalue weighted by molar-refractivity contribution is -0.113. The molecule has 1 aliphatic rings. The van der Waals surface area contributed by atoms with Gasteiger partial charge in [-0.25, -0.2) is 0 Å². The van der Waals surface area contributed by atoms with E-state index in [1.165, 1.54) is 11.8 Å². The summed E-state index contributed by atoms with van der Waals surface area (Å²) in [6, 6.07) is 10.8. The summed E-state index contributed by atoms with van der Waals surface area (Å²) in [5.74, 6) is 1.91. The highest BCUT2D eigenvalue weighted by atomic mass is 32.2. The van der Waals surface area contributed by atoms with Crippen LogP contribution in [-0.4, -0.2) is 38.4 Å². The Kier molecular flexibility index (Phi) is 6.41. The van der Waals surface area contributed by atoms with Crippen LogP contribution in [0, 0.1) is 0 Å². The minimum Gasteiger partial charge on any atom is -0.467 e. The third kappa shape index (κ3) is 5.35. The quantitative estimate of drug-likeness (QED) is 0.493. The van der Waals surface area contributed by atoms with E-state index < -0.39 is 0 Å². The van der Waals surface area contributed by atoms with Gasteiger partial charge in [-0.05, 0) is 51.0 Å². The van der Waals surface area contributed by atoms with Gasteiger partial charge in [0, 0.05) is 12.0 Å². The van der Waals surface area contributed by atoms with Crippen LogP contribution in [0.5, 0.6) is 0 Å². The molecule has 4 rings (SSSR count). The lowest BCUT2D eigenvalue weighted by atomic mass is 10.1. The van der Waals surface area contributed by atoms with E-state index in [0.717, 1.165) is 24.4 Å². The molecule has 0 atom stereocenters. The van der Waals surface area contributed by atoms with Crippen molar-refractivity contribution < 1.29 is 14.0 Å². The van der Waals surface area contributed by atoms with Crippen molar-refractivity contribution in [3.63, 3.8) is 0 Å². The van der Waals surface area contributed by atoms with Gasteiger partial charge in [0.1, 0.15) is 11.6 Å². The number of para-hydroxylation sites is 1. The van der Waals surface area contributed by atoms with Crippen molar-refractivity contribution in [3.8, 4) is 0 Å². The molecule has 0 radical (unpaired) electrons. The van der Waals surface area contributed by atoms with Crippen LogP contribution in [0.25, 0.3) is 0 Å². The predicted octanol–water partition coefficient (Wildman–Crippen LogP) is 3.67. The van der Waals surface area contributed by atoms with Crippen molar-refractivity contribution in [2.24, 2.45) is 0 Å². The molecule has 9 heteroatoms. The molecule has 1 aromatic carbocycles. The molecule has 2 heterocycles. The van der Waals surface area contributed by atoms with Gasteiger partial charge < -0.3 is 15.1 Å². The highest BCUT2D eigenvalue weighted by Crippen LogP contribution is 2.40. The van der Waals surface area contributed by atoms with Gasteiger partial charge in [-0.1, -0.05) is 23.9 Å². The van der Waals surface area contributed by atoms with Gasteiger partial charge in [-0.15, -0.1) is 10.2 Å². The van der Waals surface area contributed by atoms with Crippen LogP contribution in [0.1, 0.15) is 54.5 Å². The number of hydrogen-bond acceptors (Lipinski definition) is 6. The first-order valence-corrected chi connectivity index (χ1v) is 11.3. The number of nitrogens with zero attached hydrogens (tertiary/aromatic N) is 3. The van der Waals surface area contributed by atoms with Crippen molar-refractivity contribution in [3.05, 3.63) is 59.8 Å². The summed E-state index contributed by atoms with van der Waals surface area (Å²) in [6.07, 6.45) is 3.86. The van der Waals surface area contributed by atoms with E-state index in [1.54, 1.807) is 30.5 Å². The fourth-order valence-corrected chi connectivity index (χ4v) is 3.95. The third-order valence-corrected chi connectivity index (χ3v) is 5.75. The van der Waals surface area contributed by atoms with Crippen LogP contribution < -0.4 is 10.6 Å². The smallest absolute Gasteiger partial charge is 0.253 e. The van der Waals surface area contributed by atoms with E-state index in [1.807, 2.05) is 30.5 Å². The second-order valence-corrected chi connectivity index (χ2v) is 8.73. The Labute approximate surface area is 184 Å². The highest BCUT2D eigenvalue weighted by Gasteiger charge is 2.31. The van der Waals surface area contributed by atoms with Gasteiger partial charge >= 0.3 is 0 Å². The molecule has 1 aliphatic carbocycles. The summed E-state index contributed by atoms with van der Waals surface area (Å²) >= 11 is 1.32. The summed E-state index contributed by atoms with van der Waals surface area (Å²) in [7, 11) is 0. The molecule has 0 spiro atoms. The molecule has 3 aromatic rings. The minimum absolute atomic E-state index is 0.00741. The number of anilines is 1. The first-order chi connectivity index (χ1) is 15.0. The van der Waals surface area contributed by atoms with Crippen LogP contribution in [0.3, 0.4) is 0 Å². The Hall–Kier alpha value is -3.07. The summed E-state index contributed by atoms with van der Waals surface area (Å²) in [5.41, 5.74) is 0.925. The van der Waals surface area contributed by atoms with Gasteiger partial charge in [-0.3, -0.25) is 14.2 Å². The first-order valence-electron chi connectivity index (χ1n) is 10.3. The molecule has 31 heavy (non-hydrogen) atoms. The number of amides is 2. The van der Waals surface area contributed by atoms with Gasteiger partial charge in [-0.2, -0.15) is 0 Å². The second-order valence-electron chi connectivity index (χ2n) is 7.79. The Morgan fingerprint density at radius 1 is 1.19 bits per heavy atom. The number of thioether (sulfide) groups is 1. The molecule has 0 saturated heterocycles. The molecule has 0 unspecified atom stereocenters. The average molecular weight is 440 g/mol. The fourth-order valence-electron chi connectivity index (χ4n) is 3.20. The SMILES string of the molecule is CC(C)NC(=O)c1ccccc1NC(=O)CSc1nnc(C2CC2)n1Cc1ccco1. The zero-order valence-corrected chi connectivity index (χ0v) is 18.3. The van der Waals surface area contributed by atoms with Crippen LogP contribution >= 0.6 is 11.8 Å². The number of aromatic nitrogens is 3. The molecule has 2 N–H and O–H groups in total. The highest BCUT2D eigenvalue weighted by molar-refractivity contribution is 7.99. The Bertz CT molecular complexity index is 1060. The lowest BCUT2D eigenvalue weighted by Gasteiger charge is -2.13. The second kappa shape index (κ2) is 9.38. The summed E-state index contributed by atoms with van der Waals surface area (Å²) in [5, 5.41) is 15.0. The number of benzene rings is 1. The van der Waals surface area contributed by atoms with Crippen molar-refractivity contribution in [2.45, 2.75) is 50.4 Å². The van der Waals surface area contributed by atoms with Crippen molar-refractivity contribution in [1.82, 2.24) is 20.1 Å². The summed E-state index contributed by atoms with van der Waals surface area (Å²) in [6.45, 7) is 4.32. The summed E-state index contributed by atoms with van der Waals surface area (Å²) < 4.78 is 7.51. The van der Waals surface area contributed by atoms with Crippen LogP contribution in [0.15, 0.2) is 52.2 Å². The van der Waals surface area contributed by atoms with E-state index in [4.69, 9.17) is 4.42 Å². The van der Waals surface area contributed by atoms with Crippen molar-refractivity contribution in [2.75, 3.05) is 11.1 Å². The zero-order chi connectivity index (χ0) is 21.8. The maximum Gasteiger partial charge on any atom is 0.253 e. The number of rotatable bonds is 9. The molecule has 0 bridgehead atoms. The largest absolute Gasteiger partial charge is 0.467 e. The molecule has 162 valence electrons. The number of furan rings is 1. The van der Waals surface area contributed by atoms with Gasteiger partial charge in [0.2, 0.25) is 5.91 Å². The van der Waals surface area contributed by atoms with Crippen LogP contribution in [0.2, 0.25) is 0 Å². The Balaban J connectivity index is 1.43. The lowest BCUT2D eigenvalue weighted by Crippen LogP contribution is -2.31. The number of nitrogens with one attached hydrogen (secondary N) is 2. The molecular formula is C22H25N5O3S. The molecule has 2 amide bonds. The van der Waals surface area contributed by atoms with Crippen LogP contribution in [-0.2, 0) is 11.3 Å². The fraction of sp³-hybridized carbons (Fsp3) is 0.364. The van der Waals surface area contributed by atoms with E-state index in [-0.39, 0.29) is 23.6 Å². The average Bonchev–Trinajstić information content (AvgIpc) is 3.30. The normalized spacial score (nSPS) is 13.4. The van der Waals surface area contributed by atoms with Gasteiger partial charge in [0.15, 0.2) is 5.16 Å². The van der Waals surface area contributed by atoms with Crippen molar-refractivity contribution in [1.29, 1.82) is 0 Å². The maximum absolute atomic E-state index is 12.6. The first kappa shape index (κ1) is 21.2. The standard InChI is InChI=1S/C22H25N5O3S/c1-14(2)23-21(29)17-7-3-4-8-18(17)24-19(28)13-31-22-26-25-20(15-9-10-15)27(22)12-16-6-5-11-30-16/h3-8,11,14-15H,9-10,12-13H2,1-2H3,(H,23,29)(H,24,28). The molecule has 2 aromatic heterocycles. The third-order valence-electron chi connectivity index (χ3n) is 4.78. The minimum atomic E-state index is -0.217.